The van der Waals surface area contributed by atoms with E-state index in [1.54, 1.807) is 6.07 Å². The second-order valence-electron chi connectivity index (χ2n) is 4.06. The lowest BCUT2D eigenvalue weighted by Gasteiger charge is -2.11. The average molecular weight is 358 g/mol. The van der Waals surface area contributed by atoms with Gasteiger partial charge < -0.3 is 10.5 Å². The fourth-order valence-electron chi connectivity index (χ4n) is 1.68. The Kier molecular flexibility index (Phi) is 4.67. The van der Waals surface area contributed by atoms with Crippen LogP contribution in [0.3, 0.4) is 0 Å². The van der Waals surface area contributed by atoms with Gasteiger partial charge in [0, 0.05) is 16.1 Å². The largest absolute Gasteiger partial charge is 0.489 e. The number of rotatable bonds is 4. The second-order valence-corrected chi connectivity index (χ2v) is 5.42. The summed E-state index contributed by atoms with van der Waals surface area (Å²) in [4.78, 5) is 0.0866. The first kappa shape index (κ1) is 14.9. The van der Waals surface area contributed by atoms with Gasteiger partial charge in [-0.15, -0.1) is 0 Å². The van der Waals surface area contributed by atoms with Crippen LogP contribution in [0.1, 0.15) is 11.1 Å². The maximum Gasteiger partial charge on any atom is 0.128 e. The molecule has 2 aromatic carbocycles. The van der Waals surface area contributed by atoms with Crippen molar-refractivity contribution in [2.45, 2.75) is 6.61 Å². The molecule has 0 bridgehead atoms. The van der Waals surface area contributed by atoms with Crippen molar-refractivity contribution in [3.05, 3.63) is 63.6 Å². The smallest absolute Gasteiger partial charge is 0.128 e. The summed E-state index contributed by atoms with van der Waals surface area (Å²) in [5, 5.41) is 0. The zero-order valence-electron chi connectivity index (χ0n) is 10.2. The van der Waals surface area contributed by atoms with Crippen molar-refractivity contribution in [1.82, 2.24) is 0 Å². The molecule has 0 aromatic heterocycles. The van der Waals surface area contributed by atoms with Crippen LogP contribution in [0.5, 0.6) is 5.75 Å². The summed E-state index contributed by atoms with van der Waals surface area (Å²) in [5.74, 6) is -0.483. The van der Waals surface area contributed by atoms with Crippen LogP contribution in [-0.2, 0) is 6.61 Å². The van der Waals surface area contributed by atoms with Crippen LogP contribution in [0.15, 0.2) is 40.9 Å². The molecule has 0 heterocycles. The van der Waals surface area contributed by atoms with Crippen molar-refractivity contribution in [2.24, 2.45) is 5.73 Å². The zero-order valence-corrected chi connectivity index (χ0v) is 12.6. The summed E-state index contributed by atoms with van der Waals surface area (Å²) in [7, 11) is 0. The van der Waals surface area contributed by atoms with E-state index in [-0.39, 0.29) is 11.6 Å². The molecule has 6 heteroatoms. The summed E-state index contributed by atoms with van der Waals surface area (Å²) in [6.07, 6.45) is 0. The van der Waals surface area contributed by atoms with Crippen molar-refractivity contribution < 1.29 is 13.5 Å². The predicted molar refractivity (Wildman–Crippen MR) is 80.7 cm³/mol. The first-order valence-corrected chi connectivity index (χ1v) is 6.83. The van der Waals surface area contributed by atoms with E-state index in [0.717, 1.165) is 0 Å². The van der Waals surface area contributed by atoms with Gasteiger partial charge in [0.15, 0.2) is 0 Å². The Morgan fingerprint density at radius 3 is 2.55 bits per heavy atom. The topological polar surface area (TPSA) is 35.2 Å². The van der Waals surface area contributed by atoms with Crippen molar-refractivity contribution in [1.29, 1.82) is 0 Å². The number of hydrogen-bond acceptors (Lipinski definition) is 2. The molecule has 0 saturated heterocycles. The van der Waals surface area contributed by atoms with Gasteiger partial charge in [0.05, 0.1) is 0 Å². The number of thiocarbonyl (C=S) groups is 1. The minimum Gasteiger partial charge on any atom is -0.489 e. The predicted octanol–water partition coefficient (Wildman–Crippen LogP) is 3.94. The lowest BCUT2D eigenvalue weighted by Crippen LogP contribution is -2.14. The Balaban J connectivity index is 2.20. The molecular formula is C14H10BrF2NOS. The summed E-state index contributed by atoms with van der Waals surface area (Å²) in [5.41, 5.74) is 6.59. The molecule has 0 aliphatic rings. The summed E-state index contributed by atoms with van der Waals surface area (Å²) < 4.78 is 32.4. The van der Waals surface area contributed by atoms with E-state index in [0.29, 0.717) is 21.3 Å². The van der Waals surface area contributed by atoms with Crippen LogP contribution < -0.4 is 10.5 Å². The third kappa shape index (κ3) is 3.74. The Labute approximate surface area is 128 Å². The number of hydrogen-bond donors (Lipinski definition) is 1. The molecule has 0 amide bonds. The van der Waals surface area contributed by atoms with E-state index in [2.05, 4.69) is 15.9 Å². The maximum absolute atomic E-state index is 13.2. The van der Waals surface area contributed by atoms with E-state index >= 15 is 0 Å². The van der Waals surface area contributed by atoms with Crippen LogP contribution in [0, 0.1) is 11.6 Å². The number of nitrogens with two attached hydrogens (primary N) is 1. The summed E-state index contributed by atoms with van der Waals surface area (Å²) in [6.45, 7) is 0.114. The fourth-order valence-corrected chi connectivity index (χ4v) is 2.31. The molecule has 0 atom stereocenters. The first-order chi connectivity index (χ1) is 9.45. The third-order valence-corrected chi connectivity index (χ3v) is 3.25. The van der Waals surface area contributed by atoms with E-state index in [1.165, 1.54) is 30.3 Å². The monoisotopic (exact) mass is 357 g/mol. The Morgan fingerprint density at radius 2 is 1.90 bits per heavy atom. The Morgan fingerprint density at radius 1 is 1.15 bits per heavy atom. The lowest BCUT2D eigenvalue weighted by atomic mass is 10.1. The zero-order chi connectivity index (χ0) is 14.7. The number of benzene rings is 2. The van der Waals surface area contributed by atoms with Gasteiger partial charge >= 0.3 is 0 Å². The summed E-state index contributed by atoms with van der Waals surface area (Å²) in [6, 6.07) is 8.30. The molecule has 2 rings (SSSR count). The molecule has 0 unspecified atom stereocenters. The number of ether oxygens (including phenoxy) is 1. The van der Waals surface area contributed by atoms with E-state index in [4.69, 9.17) is 22.7 Å². The van der Waals surface area contributed by atoms with Gasteiger partial charge in [-0.1, -0.05) is 34.2 Å². The summed E-state index contributed by atoms with van der Waals surface area (Å²) >= 11 is 8.05. The molecule has 0 aliphatic carbocycles. The molecular weight excluding hydrogens is 348 g/mol. The van der Waals surface area contributed by atoms with Gasteiger partial charge in [-0.25, -0.2) is 8.78 Å². The van der Waals surface area contributed by atoms with Crippen molar-refractivity contribution in [3.8, 4) is 5.75 Å². The normalized spacial score (nSPS) is 10.3. The van der Waals surface area contributed by atoms with Crippen LogP contribution >= 0.6 is 28.1 Å². The number of halogens is 3. The van der Waals surface area contributed by atoms with Crippen molar-refractivity contribution >= 4 is 33.1 Å². The third-order valence-electron chi connectivity index (χ3n) is 2.57. The Hall–Kier alpha value is -1.53. The van der Waals surface area contributed by atoms with Gasteiger partial charge in [-0.05, 0) is 29.8 Å². The Bertz CT molecular complexity index is 643. The minimum absolute atomic E-state index is 0.0866. The van der Waals surface area contributed by atoms with Gasteiger partial charge in [-0.2, -0.15) is 0 Å². The van der Waals surface area contributed by atoms with Crippen molar-refractivity contribution in [2.75, 3.05) is 0 Å². The standard InChI is InChI=1S/C14H10BrF2NOS/c15-9-3-11(17)5-12(4-9)19-7-8-1-2-10(16)6-13(8)14(18)20/h1-6H,7H2,(H2,18,20). The molecule has 0 fully saturated rings. The molecule has 0 aliphatic heterocycles. The molecule has 104 valence electrons. The van der Waals surface area contributed by atoms with Crippen LogP contribution in [0.4, 0.5) is 8.78 Å². The van der Waals surface area contributed by atoms with Crippen LogP contribution in [-0.4, -0.2) is 4.99 Å². The highest BCUT2D eigenvalue weighted by atomic mass is 79.9. The fraction of sp³-hybridized carbons (Fsp3) is 0.0714. The molecule has 2 aromatic rings. The van der Waals surface area contributed by atoms with Crippen LogP contribution in [0.2, 0.25) is 0 Å². The SMILES string of the molecule is NC(=S)c1cc(F)ccc1COc1cc(F)cc(Br)c1. The maximum atomic E-state index is 13.2. The molecule has 0 spiro atoms. The quantitative estimate of drug-likeness (QED) is 0.841. The molecule has 20 heavy (non-hydrogen) atoms. The highest BCUT2D eigenvalue weighted by Gasteiger charge is 2.08. The van der Waals surface area contributed by atoms with Crippen molar-refractivity contribution in [3.63, 3.8) is 0 Å². The molecule has 0 saturated carbocycles. The van der Waals surface area contributed by atoms with Gasteiger partial charge in [0.2, 0.25) is 0 Å². The highest BCUT2D eigenvalue weighted by molar-refractivity contribution is 9.10. The lowest BCUT2D eigenvalue weighted by molar-refractivity contribution is 0.304. The average Bonchev–Trinajstić information content (AvgIpc) is 2.36. The van der Waals surface area contributed by atoms with Gasteiger partial charge in [0.1, 0.15) is 29.0 Å². The molecule has 2 N–H and O–H groups in total. The van der Waals surface area contributed by atoms with E-state index in [9.17, 15) is 8.78 Å². The van der Waals surface area contributed by atoms with Gasteiger partial charge in [0.25, 0.3) is 0 Å². The van der Waals surface area contributed by atoms with E-state index < -0.39 is 11.6 Å². The van der Waals surface area contributed by atoms with Crippen LogP contribution in [0.25, 0.3) is 0 Å². The molecule has 0 radical (unpaired) electrons. The van der Waals surface area contributed by atoms with E-state index in [1.807, 2.05) is 0 Å². The van der Waals surface area contributed by atoms with Gasteiger partial charge in [-0.3, -0.25) is 0 Å². The second kappa shape index (κ2) is 6.28. The minimum atomic E-state index is -0.426. The molecule has 2 nitrogen and oxygen atoms in total. The first-order valence-electron chi connectivity index (χ1n) is 5.63. The highest BCUT2D eigenvalue weighted by Crippen LogP contribution is 2.22.